The van der Waals surface area contributed by atoms with Crippen molar-refractivity contribution in [1.29, 1.82) is 0 Å². The third-order valence-corrected chi connectivity index (χ3v) is 3.88. The molecule has 1 aromatic rings. The average molecular weight is 274 g/mol. The van der Waals surface area contributed by atoms with Crippen LogP contribution in [0.15, 0.2) is 24.3 Å². The van der Waals surface area contributed by atoms with Crippen LogP contribution in [0.3, 0.4) is 0 Å². The molecule has 1 aliphatic rings. The van der Waals surface area contributed by atoms with Crippen LogP contribution in [-0.2, 0) is 9.59 Å². The fraction of sp³-hybridized carbons (Fsp3) is 0.500. The number of rotatable bonds is 5. The fourth-order valence-electron chi connectivity index (χ4n) is 2.65. The number of nitrogens with one attached hydrogen (secondary N) is 1. The van der Waals surface area contributed by atoms with Gasteiger partial charge in [-0.05, 0) is 31.9 Å². The van der Waals surface area contributed by atoms with E-state index in [0.717, 1.165) is 18.5 Å². The minimum atomic E-state index is -0.425. The zero-order valence-electron chi connectivity index (χ0n) is 12.3. The van der Waals surface area contributed by atoms with Gasteiger partial charge in [0.25, 0.3) is 5.91 Å². The van der Waals surface area contributed by atoms with Gasteiger partial charge in [0, 0.05) is 11.7 Å². The number of benzene rings is 1. The van der Waals surface area contributed by atoms with Gasteiger partial charge in [-0.3, -0.25) is 14.5 Å². The molecular weight excluding hydrogens is 252 g/mol. The summed E-state index contributed by atoms with van der Waals surface area (Å²) in [5.41, 5.74) is 2.05. The van der Waals surface area contributed by atoms with E-state index in [4.69, 9.17) is 0 Å². The van der Waals surface area contributed by atoms with Gasteiger partial charge in [-0.2, -0.15) is 0 Å². The van der Waals surface area contributed by atoms with E-state index < -0.39 is 6.04 Å². The van der Waals surface area contributed by atoms with E-state index in [1.807, 2.05) is 45.0 Å². The molecular formula is C16H22N2O2. The number of carbonyl (C=O) groups excluding carboxylic acids is 2. The van der Waals surface area contributed by atoms with Crippen LogP contribution >= 0.6 is 0 Å². The molecule has 0 aromatic heterocycles. The number of carbonyl (C=O) groups is 2. The van der Waals surface area contributed by atoms with E-state index >= 15 is 0 Å². The van der Waals surface area contributed by atoms with Gasteiger partial charge in [-0.1, -0.05) is 31.5 Å². The Morgan fingerprint density at radius 1 is 1.20 bits per heavy atom. The number of hydrogen-bond donors (Lipinski definition) is 1. The van der Waals surface area contributed by atoms with E-state index in [2.05, 4.69) is 5.32 Å². The summed E-state index contributed by atoms with van der Waals surface area (Å²) in [4.78, 5) is 25.9. The molecule has 1 aliphatic heterocycles. The van der Waals surface area contributed by atoms with Crippen LogP contribution in [0.1, 0.15) is 38.7 Å². The van der Waals surface area contributed by atoms with Crippen LogP contribution < -0.4 is 5.32 Å². The molecule has 2 amide bonds. The summed E-state index contributed by atoms with van der Waals surface area (Å²) in [5, 5.41) is 3.17. The Labute approximate surface area is 120 Å². The maximum atomic E-state index is 12.4. The third kappa shape index (κ3) is 2.84. The largest absolute Gasteiger partial charge is 0.373 e. The highest BCUT2D eigenvalue weighted by Crippen LogP contribution is 2.23. The predicted octanol–water partition coefficient (Wildman–Crippen LogP) is 2.72. The molecule has 4 heteroatoms. The molecule has 0 saturated carbocycles. The van der Waals surface area contributed by atoms with Crippen LogP contribution in [0.25, 0.3) is 0 Å². The number of likely N-dealkylation sites (tertiary alicyclic amines) is 1. The van der Waals surface area contributed by atoms with E-state index in [0.29, 0.717) is 0 Å². The number of aryl methyl sites for hydroxylation is 1. The molecule has 108 valence electrons. The van der Waals surface area contributed by atoms with Crippen molar-refractivity contribution < 1.29 is 9.59 Å². The third-order valence-electron chi connectivity index (χ3n) is 3.88. The maximum absolute atomic E-state index is 12.4. The zero-order chi connectivity index (χ0) is 14.7. The average Bonchev–Trinajstić information content (AvgIpc) is 2.71. The van der Waals surface area contributed by atoms with Gasteiger partial charge in [0.15, 0.2) is 0 Å². The van der Waals surface area contributed by atoms with Crippen molar-refractivity contribution in [2.24, 2.45) is 0 Å². The highest BCUT2D eigenvalue weighted by atomic mass is 16.2. The summed E-state index contributed by atoms with van der Waals surface area (Å²) < 4.78 is 0. The summed E-state index contributed by atoms with van der Waals surface area (Å²) in [6, 6.07) is 7.45. The molecule has 0 radical (unpaired) electrons. The predicted molar refractivity (Wildman–Crippen MR) is 79.4 cm³/mol. The van der Waals surface area contributed by atoms with Crippen LogP contribution in [-0.4, -0.2) is 28.8 Å². The molecule has 1 aromatic carbocycles. The number of anilines is 1. The quantitative estimate of drug-likeness (QED) is 0.840. The number of imide groups is 1. The molecule has 1 heterocycles. The lowest BCUT2D eigenvalue weighted by Crippen LogP contribution is -2.41. The molecule has 1 fully saturated rings. The van der Waals surface area contributed by atoms with Crippen molar-refractivity contribution in [3.63, 3.8) is 0 Å². The molecule has 1 N–H and O–H groups in total. The first-order chi connectivity index (χ1) is 9.56. The van der Waals surface area contributed by atoms with Gasteiger partial charge in [0.1, 0.15) is 6.04 Å². The van der Waals surface area contributed by atoms with Crippen LogP contribution in [0.2, 0.25) is 0 Å². The molecule has 0 aliphatic carbocycles. The first-order valence-corrected chi connectivity index (χ1v) is 7.25. The fourth-order valence-corrected chi connectivity index (χ4v) is 2.65. The second kappa shape index (κ2) is 6.07. The number of hydrogen-bond acceptors (Lipinski definition) is 3. The first kappa shape index (κ1) is 14.6. The summed E-state index contributed by atoms with van der Waals surface area (Å²) in [5.74, 6) is -0.155. The smallest absolute Gasteiger partial charge is 0.252 e. The highest BCUT2D eigenvalue weighted by molar-refractivity contribution is 6.07. The maximum Gasteiger partial charge on any atom is 0.252 e. The van der Waals surface area contributed by atoms with Gasteiger partial charge < -0.3 is 5.32 Å². The highest BCUT2D eigenvalue weighted by Gasteiger charge is 2.41. The van der Waals surface area contributed by atoms with Crippen LogP contribution in [0.4, 0.5) is 5.69 Å². The van der Waals surface area contributed by atoms with Crippen LogP contribution in [0.5, 0.6) is 0 Å². The van der Waals surface area contributed by atoms with Crippen molar-refractivity contribution in [3.05, 3.63) is 29.8 Å². The van der Waals surface area contributed by atoms with E-state index in [1.165, 1.54) is 10.5 Å². The van der Waals surface area contributed by atoms with Gasteiger partial charge >= 0.3 is 0 Å². The van der Waals surface area contributed by atoms with Gasteiger partial charge in [0.05, 0.1) is 6.42 Å². The lowest BCUT2D eigenvalue weighted by molar-refractivity contribution is -0.141. The standard InChI is InChI=1S/C16H22N2O2/c1-4-13(5-2)18-15(19)10-14(16(18)20)17-12-8-6-11(3)7-9-12/h6-9,13-14,17H,4-5,10H2,1-3H3. The molecule has 2 rings (SSSR count). The molecule has 0 spiro atoms. The van der Waals surface area contributed by atoms with Crippen LogP contribution in [0, 0.1) is 6.92 Å². The lowest BCUT2D eigenvalue weighted by atomic mass is 10.1. The van der Waals surface area contributed by atoms with Crippen molar-refractivity contribution in [1.82, 2.24) is 4.90 Å². The molecule has 1 unspecified atom stereocenters. The second-order valence-electron chi connectivity index (χ2n) is 5.34. The monoisotopic (exact) mass is 274 g/mol. The Bertz CT molecular complexity index is 492. The van der Waals surface area contributed by atoms with Crippen molar-refractivity contribution in [3.8, 4) is 0 Å². The number of nitrogens with zero attached hydrogens (tertiary/aromatic N) is 1. The Kier molecular flexibility index (Phi) is 4.42. The van der Waals surface area contributed by atoms with E-state index in [9.17, 15) is 9.59 Å². The summed E-state index contributed by atoms with van der Waals surface area (Å²) in [6.07, 6.45) is 1.87. The zero-order valence-corrected chi connectivity index (χ0v) is 12.3. The molecule has 20 heavy (non-hydrogen) atoms. The Morgan fingerprint density at radius 2 is 1.80 bits per heavy atom. The van der Waals surface area contributed by atoms with E-state index in [1.54, 1.807) is 0 Å². The lowest BCUT2D eigenvalue weighted by Gasteiger charge is -2.24. The molecule has 4 nitrogen and oxygen atoms in total. The normalized spacial score (nSPS) is 19.0. The van der Waals surface area contributed by atoms with E-state index in [-0.39, 0.29) is 24.3 Å². The summed E-state index contributed by atoms with van der Waals surface area (Å²) >= 11 is 0. The van der Waals surface area contributed by atoms with Crippen molar-refractivity contribution in [2.75, 3.05) is 5.32 Å². The second-order valence-corrected chi connectivity index (χ2v) is 5.34. The van der Waals surface area contributed by atoms with Crippen molar-refractivity contribution in [2.45, 2.75) is 52.1 Å². The topological polar surface area (TPSA) is 49.4 Å². The molecule has 1 atom stereocenters. The first-order valence-electron chi connectivity index (χ1n) is 7.25. The Balaban J connectivity index is 2.09. The minimum Gasteiger partial charge on any atom is -0.373 e. The summed E-state index contributed by atoms with van der Waals surface area (Å²) in [7, 11) is 0. The number of amides is 2. The van der Waals surface area contributed by atoms with Gasteiger partial charge in [-0.25, -0.2) is 0 Å². The SMILES string of the molecule is CCC(CC)N1C(=O)CC(Nc2ccc(C)cc2)C1=O. The van der Waals surface area contributed by atoms with Crippen molar-refractivity contribution >= 4 is 17.5 Å². The minimum absolute atomic E-state index is 0.0276. The van der Waals surface area contributed by atoms with Gasteiger partial charge in [0.2, 0.25) is 5.91 Å². The summed E-state index contributed by atoms with van der Waals surface area (Å²) in [6.45, 7) is 6.04. The van der Waals surface area contributed by atoms with Gasteiger partial charge in [-0.15, -0.1) is 0 Å². The molecule has 1 saturated heterocycles. The Hall–Kier alpha value is -1.84. The molecule has 0 bridgehead atoms. The Morgan fingerprint density at radius 3 is 2.35 bits per heavy atom.